The van der Waals surface area contributed by atoms with Gasteiger partial charge in [-0.25, -0.2) is 0 Å². The van der Waals surface area contributed by atoms with Crippen molar-refractivity contribution in [3.8, 4) is 0 Å². The maximum atomic E-state index is 9.88. The summed E-state index contributed by atoms with van der Waals surface area (Å²) in [4.78, 5) is 0. The van der Waals surface area contributed by atoms with Gasteiger partial charge in [0.25, 0.3) is 0 Å². The molecule has 0 fully saturated rings. The van der Waals surface area contributed by atoms with Gasteiger partial charge in [0, 0.05) is 18.4 Å². The minimum Gasteiger partial charge on any atom is -0.494 e. The highest BCUT2D eigenvalue weighted by Crippen LogP contribution is 2.14. The van der Waals surface area contributed by atoms with Gasteiger partial charge in [0.15, 0.2) is 0 Å². The van der Waals surface area contributed by atoms with Gasteiger partial charge in [-0.15, -0.1) is 0 Å². The lowest BCUT2D eigenvalue weighted by Gasteiger charge is -2.14. The maximum absolute atomic E-state index is 9.88. The molecule has 21 heavy (non-hydrogen) atoms. The first kappa shape index (κ1) is 18.0. The van der Waals surface area contributed by atoms with Crippen LogP contribution in [0.1, 0.15) is 6.42 Å². The topological polar surface area (TPSA) is 38.7 Å². The van der Waals surface area contributed by atoms with E-state index in [1.165, 1.54) is 0 Å². The van der Waals surface area contributed by atoms with Crippen molar-refractivity contribution < 1.29 is 14.6 Å². The van der Waals surface area contributed by atoms with Gasteiger partial charge in [0.05, 0.1) is 19.3 Å². The van der Waals surface area contributed by atoms with E-state index < -0.39 is 6.10 Å². The van der Waals surface area contributed by atoms with Crippen molar-refractivity contribution in [2.45, 2.75) is 12.5 Å². The lowest BCUT2D eigenvalue weighted by atomic mass is 10.0. The second-order valence-electron chi connectivity index (χ2n) is 4.75. The van der Waals surface area contributed by atoms with Gasteiger partial charge < -0.3 is 14.6 Å². The molecule has 0 spiro atoms. The molecule has 0 aromatic rings. The van der Waals surface area contributed by atoms with Crippen molar-refractivity contribution in [3.05, 3.63) is 60.4 Å². The molecule has 0 bridgehead atoms. The highest BCUT2D eigenvalue weighted by molar-refractivity contribution is 9.09. The number of alkyl halides is 1. The molecule has 0 radical (unpaired) electrons. The zero-order valence-electron chi connectivity index (χ0n) is 12.4. The van der Waals surface area contributed by atoms with Crippen molar-refractivity contribution in [3.63, 3.8) is 0 Å². The van der Waals surface area contributed by atoms with Crippen LogP contribution in [0.15, 0.2) is 60.4 Å². The van der Waals surface area contributed by atoms with E-state index in [1.807, 2.05) is 24.3 Å². The standard InChI is InChI=1S/C17H23BrO3/c1-14(21-13-15-6-4-3-5-7-15)8-9-16(10-11-20-2)17(19)12-18/h3-6,8-10,15,17,19H,1,7,11-13H2,2H3/b9-8-,16-10+/t15-,17-/m0/s1. The predicted octanol–water partition coefficient (Wildman–Crippen LogP) is 3.53. The van der Waals surface area contributed by atoms with E-state index in [0.29, 0.717) is 30.2 Å². The van der Waals surface area contributed by atoms with Gasteiger partial charge in [-0.1, -0.05) is 59.0 Å². The highest BCUT2D eigenvalue weighted by Gasteiger charge is 2.07. The average Bonchev–Trinajstić information content (AvgIpc) is 2.53. The van der Waals surface area contributed by atoms with E-state index in [0.717, 1.165) is 12.0 Å². The molecule has 3 nitrogen and oxygen atoms in total. The Balaban J connectivity index is 2.46. The zero-order chi connectivity index (χ0) is 15.5. The van der Waals surface area contributed by atoms with Gasteiger partial charge >= 0.3 is 0 Å². The predicted molar refractivity (Wildman–Crippen MR) is 90.4 cm³/mol. The summed E-state index contributed by atoms with van der Waals surface area (Å²) >= 11 is 3.26. The first-order valence-corrected chi connectivity index (χ1v) is 8.05. The molecule has 4 heteroatoms. The summed E-state index contributed by atoms with van der Waals surface area (Å²) in [6.07, 6.45) is 14.2. The molecule has 2 atom stereocenters. The normalized spacial score (nSPS) is 20.0. The van der Waals surface area contributed by atoms with Crippen molar-refractivity contribution >= 4 is 15.9 Å². The molecular formula is C17H23BrO3. The summed E-state index contributed by atoms with van der Waals surface area (Å²) in [5, 5.41) is 10.4. The number of aliphatic hydroxyl groups excluding tert-OH is 1. The largest absolute Gasteiger partial charge is 0.494 e. The summed E-state index contributed by atoms with van der Waals surface area (Å²) in [5.74, 6) is 0.986. The summed E-state index contributed by atoms with van der Waals surface area (Å²) in [6, 6.07) is 0. The summed E-state index contributed by atoms with van der Waals surface area (Å²) in [7, 11) is 1.62. The van der Waals surface area contributed by atoms with E-state index in [9.17, 15) is 5.11 Å². The van der Waals surface area contributed by atoms with Gasteiger partial charge in [0.1, 0.15) is 5.76 Å². The second kappa shape index (κ2) is 10.6. The lowest BCUT2D eigenvalue weighted by Crippen LogP contribution is -2.11. The molecule has 0 saturated heterocycles. The van der Waals surface area contributed by atoms with Crippen LogP contribution >= 0.6 is 15.9 Å². The Morgan fingerprint density at radius 2 is 2.29 bits per heavy atom. The number of allylic oxidation sites excluding steroid dienone is 4. The average molecular weight is 355 g/mol. The fourth-order valence-electron chi connectivity index (χ4n) is 1.79. The number of ether oxygens (including phenoxy) is 2. The van der Waals surface area contributed by atoms with Gasteiger partial charge in [-0.2, -0.15) is 0 Å². The quantitative estimate of drug-likeness (QED) is 0.391. The number of aliphatic hydroxyl groups is 1. The third kappa shape index (κ3) is 7.46. The summed E-state index contributed by atoms with van der Waals surface area (Å²) < 4.78 is 10.6. The van der Waals surface area contributed by atoms with Crippen molar-refractivity contribution in [2.75, 3.05) is 25.7 Å². The molecule has 116 valence electrons. The second-order valence-corrected chi connectivity index (χ2v) is 5.40. The number of methoxy groups -OCH3 is 1. The van der Waals surface area contributed by atoms with E-state index in [4.69, 9.17) is 9.47 Å². The molecule has 0 aromatic carbocycles. The van der Waals surface area contributed by atoms with Crippen LogP contribution in [0.25, 0.3) is 0 Å². The molecule has 1 aliphatic rings. The van der Waals surface area contributed by atoms with Crippen LogP contribution in [0.4, 0.5) is 0 Å². The van der Waals surface area contributed by atoms with Crippen molar-refractivity contribution in [1.29, 1.82) is 0 Å². The highest BCUT2D eigenvalue weighted by atomic mass is 79.9. The summed E-state index contributed by atoms with van der Waals surface area (Å²) in [5.41, 5.74) is 0.777. The number of halogens is 1. The van der Waals surface area contributed by atoms with Crippen LogP contribution in [-0.2, 0) is 9.47 Å². The lowest BCUT2D eigenvalue weighted by molar-refractivity contribution is 0.195. The van der Waals surface area contributed by atoms with Crippen LogP contribution in [0, 0.1) is 5.92 Å². The van der Waals surface area contributed by atoms with Crippen LogP contribution in [-0.4, -0.2) is 36.9 Å². The number of hydrogen-bond acceptors (Lipinski definition) is 3. The Morgan fingerprint density at radius 1 is 1.48 bits per heavy atom. The van der Waals surface area contributed by atoms with Crippen LogP contribution in [0.5, 0.6) is 0 Å². The van der Waals surface area contributed by atoms with Crippen LogP contribution in [0.2, 0.25) is 0 Å². The smallest absolute Gasteiger partial charge is 0.112 e. The third-order valence-corrected chi connectivity index (χ3v) is 3.64. The van der Waals surface area contributed by atoms with E-state index in [2.05, 4.69) is 34.7 Å². The van der Waals surface area contributed by atoms with E-state index in [-0.39, 0.29) is 0 Å². The molecule has 1 N–H and O–H groups in total. The van der Waals surface area contributed by atoms with Gasteiger partial charge in [-0.05, 0) is 18.1 Å². The molecule has 0 unspecified atom stereocenters. The first-order valence-electron chi connectivity index (χ1n) is 6.93. The Hall–Kier alpha value is -1.10. The van der Waals surface area contributed by atoms with Crippen molar-refractivity contribution in [2.24, 2.45) is 5.92 Å². The third-order valence-electron chi connectivity index (χ3n) is 3.03. The van der Waals surface area contributed by atoms with Crippen molar-refractivity contribution in [1.82, 2.24) is 0 Å². The SMILES string of the molecule is C=C(/C=C\C(=C/COC)[C@@H](O)CBr)OC[C@H]1C=CC=CC1. The molecule has 0 heterocycles. The first-order chi connectivity index (χ1) is 10.2. The molecular weight excluding hydrogens is 332 g/mol. The number of rotatable bonds is 9. The minimum absolute atomic E-state index is 0.400. The Labute approximate surface area is 135 Å². The Bertz CT molecular complexity index is 435. The minimum atomic E-state index is -0.574. The van der Waals surface area contributed by atoms with E-state index in [1.54, 1.807) is 13.2 Å². The molecule has 1 rings (SSSR count). The molecule has 0 aromatic heterocycles. The Morgan fingerprint density at radius 3 is 2.90 bits per heavy atom. The molecule has 0 saturated carbocycles. The van der Waals surface area contributed by atoms with Gasteiger partial charge in [0.2, 0.25) is 0 Å². The zero-order valence-corrected chi connectivity index (χ0v) is 14.0. The Kier molecular flexibility index (Phi) is 9.06. The molecule has 0 aliphatic heterocycles. The van der Waals surface area contributed by atoms with Crippen LogP contribution < -0.4 is 0 Å². The fourth-order valence-corrected chi connectivity index (χ4v) is 2.16. The maximum Gasteiger partial charge on any atom is 0.112 e. The van der Waals surface area contributed by atoms with E-state index >= 15 is 0 Å². The monoisotopic (exact) mass is 354 g/mol. The van der Waals surface area contributed by atoms with Crippen LogP contribution in [0.3, 0.4) is 0 Å². The fraction of sp³-hybridized carbons (Fsp3) is 0.412. The number of hydrogen-bond donors (Lipinski definition) is 1. The summed E-state index contributed by atoms with van der Waals surface area (Å²) in [6.45, 7) is 4.94. The molecule has 1 aliphatic carbocycles. The molecule has 0 amide bonds. The van der Waals surface area contributed by atoms with Gasteiger partial charge in [-0.3, -0.25) is 0 Å².